The van der Waals surface area contributed by atoms with Gasteiger partial charge in [-0.05, 0) is 47.9 Å². The third-order valence-corrected chi connectivity index (χ3v) is 4.52. The van der Waals surface area contributed by atoms with Crippen LogP contribution in [-0.4, -0.2) is 17.9 Å². The minimum absolute atomic E-state index is 0.0422. The van der Waals surface area contributed by atoms with E-state index in [-0.39, 0.29) is 30.1 Å². The summed E-state index contributed by atoms with van der Waals surface area (Å²) in [5.74, 6) is -0.970. The minimum atomic E-state index is -0.663. The zero-order valence-corrected chi connectivity index (χ0v) is 15.5. The molecule has 6 heteroatoms. The fourth-order valence-corrected chi connectivity index (χ4v) is 2.56. The molecule has 0 heterocycles. The van der Waals surface area contributed by atoms with Gasteiger partial charge in [-0.2, -0.15) is 0 Å². The van der Waals surface area contributed by atoms with E-state index in [0.717, 1.165) is 12.0 Å². The Kier molecular flexibility index (Phi) is 7.16. The van der Waals surface area contributed by atoms with Crippen LogP contribution in [0.3, 0.4) is 0 Å². The van der Waals surface area contributed by atoms with E-state index >= 15 is 0 Å². The maximum atomic E-state index is 13.0. The molecule has 26 heavy (non-hydrogen) atoms. The van der Waals surface area contributed by atoms with Crippen LogP contribution in [0.1, 0.15) is 36.2 Å². The highest BCUT2D eigenvalue weighted by Gasteiger charge is 2.26. The molecule has 138 valence electrons. The van der Waals surface area contributed by atoms with Crippen molar-refractivity contribution in [1.29, 1.82) is 0 Å². The third-order valence-electron chi connectivity index (χ3n) is 4.27. The van der Waals surface area contributed by atoms with Gasteiger partial charge in [0.2, 0.25) is 5.91 Å². The van der Waals surface area contributed by atoms with Crippen LogP contribution in [0.15, 0.2) is 48.5 Å². The fourth-order valence-electron chi connectivity index (χ4n) is 2.43. The Morgan fingerprint density at radius 3 is 2.27 bits per heavy atom. The second kappa shape index (κ2) is 9.34. The molecule has 0 aliphatic carbocycles. The molecular weight excluding hydrogens is 355 g/mol. The van der Waals surface area contributed by atoms with Crippen molar-refractivity contribution in [3.05, 3.63) is 70.5 Å². The second-order valence-corrected chi connectivity index (χ2v) is 6.62. The third kappa shape index (κ3) is 5.56. The summed E-state index contributed by atoms with van der Waals surface area (Å²) in [6.45, 7) is 4.13. The van der Waals surface area contributed by atoms with E-state index in [1.54, 1.807) is 36.4 Å². The van der Waals surface area contributed by atoms with Crippen LogP contribution in [0.25, 0.3) is 0 Å². The summed E-state index contributed by atoms with van der Waals surface area (Å²) in [5.41, 5.74) is 1.22. The molecule has 0 fully saturated rings. The maximum Gasteiger partial charge on any atom is 0.251 e. The topological polar surface area (TPSA) is 58.2 Å². The number of nitrogens with one attached hydrogen (secondary N) is 2. The van der Waals surface area contributed by atoms with Gasteiger partial charge in [0, 0.05) is 17.1 Å². The monoisotopic (exact) mass is 376 g/mol. The highest BCUT2D eigenvalue weighted by Crippen LogP contribution is 2.12. The Bertz CT molecular complexity index is 747. The first-order valence-electron chi connectivity index (χ1n) is 8.49. The molecule has 2 atom stereocenters. The average Bonchev–Trinajstić information content (AvgIpc) is 2.65. The summed E-state index contributed by atoms with van der Waals surface area (Å²) in [5, 5.41) is 6.14. The molecule has 0 aliphatic rings. The Balaban J connectivity index is 2.03. The molecule has 0 saturated carbocycles. The number of benzene rings is 2. The summed E-state index contributed by atoms with van der Waals surface area (Å²) in [4.78, 5) is 25.0. The second-order valence-electron chi connectivity index (χ2n) is 6.19. The number of carbonyl (C=O) groups is 2. The fraction of sp³-hybridized carbons (Fsp3) is 0.300. The first-order valence-corrected chi connectivity index (χ1v) is 8.87. The number of hydrogen-bond donors (Lipinski definition) is 2. The molecule has 2 amide bonds. The summed E-state index contributed by atoms with van der Waals surface area (Å²) < 4.78 is 13.0. The summed E-state index contributed by atoms with van der Waals surface area (Å²) in [7, 11) is 0. The molecule has 0 radical (unpaired) electrons. The van der Waals surface area contributed by atoms with Gasteiger partial charge in [0.25, 0.3) is 5.91 Å². The van der Waals surface area contributed by atoms with Gasteiger partial charge in [0.05, 0.1) is 0 Å². The summed E-state index contributed by atoms with van der Waals surface area (Å²) in [6.07, 6.45) is 0.732. The van der Waals surface area contributed by atoms with Gasteiger partial charge in [0.1, 0.15) is 11.9 Å². The highest BCUT2D eigenvalue weighted by atomic mass is 35.5. The lowest BCUT2D eigenvalue weighted by Crippen LogP contribution is -2.50. The molecular formula is C20H22ClFN2O2. The lowest BCUT2D eigenvalue weighted by Gasteiger charge is -2.23. The standard InChI is InChI=1S/C20H22ClFN2O2/c1-3-13(2)18(24-19(25)15-6-8-16(21)9-7-15)20(26)23-12-14-4-10-17(22)11-5-14/h4-11,13,18H,3,12H2,1-2H3,(H,23,26)(H,24,25)/t13-,18-/m0/s1. The molecule has 2 N–H and O–H groups in total. The Morgan fingerprint density at radius 2 is 1.69 bits per heavy atom. The predicted octanol–water partition coefficient (Wildman–Crippen LogP) is 3.94. The first-order chi connectivity index (χ1) is 12.4. The largest absolute Gasteiger partial charge is 0.350 e. The van der Waals surface area contributed by atoms with Crippen molar-refractivity contribution in [2.24, 2.45) is 5.92 Å². The van der Waals surface area contributed by atoms with Crippen LogP contribution < -0.4 is 10.6 Å². The van der Waals surface area contributed by atoms with Crippen molar-refractivity contribution in [3.63, 3.8) is 0 Å². The smallest absolute Gasteiger partial charge is 0.251 e. The molecule has 2 rings (SSSR count). The molecule has 0 bridgehead atoms. The van der Waals surface area contributed by atoms with Gasteiger partial charge in [-0.3, -0.25) is 9.59 Å². The maximum absolute atomic E-state index is 13.0. The van der Waals surface area contributed by atoms with E-state index in [1.807, 2.05) is 13.8 Å². The van der Waals surface area contributed by atoms with Crippen molar-refractivity contribution in [3.8, 4) is 0 Å². The Labute approximate surface area is 157 Å². The van der Waals surface area contributed by atoms with Gasteiger partial charge >= 0.3 is 0 Å². The lowest BCUT2D eigenvalue weighted by molar-refractivity contribution is -0.124. The number of carbonyl (C=O) groups excluding carboxylic acids is 2. The van der Waals surface area contributed by atoms with Crippen molar-refractivity contribution in [2.45, 2.75) is 32.9 Å². The zero-order valence-electron chi connectivity index (χ0n) is 14.8. The van der Waals surface area contributed by atoms with Crippen molar-refractivity contribution in [2.75, 3.05) is 0 Å². The van der Waals surface area contributed by atoms with Crippen LogP contribution in [0.5, 0.6) is 0 Å². The van der Waals surface area contributed by atoms with Crippen molar-refractivity contribution >= 4 is 23.4 Å². The van der Waals surface area contributed by atoms with Crippen LogP contribution in [0.2, 0.25) is 5.02 Å². The molecule has 2 aromatic carbocycles. The predicted molar refractivity (Wildman–Crippen MR) is 100 cm³/mol. The Morgan fingerprint density at radius 1 is 1.08 bits per heavy atom. The van der Waals surface area contributed by atoms with E-state index in [9.17, 15) is 14.0 Å². The lowest BCUT2D eigenvalue weighted by atomic mass is 9.97. The van der Waals surface area contributed by atoms with Gasteiger partial charge in [-0.1, -0.05) is 44.0 Å². The van der Waals surface area contributed by atoms with E-state index < -0.39 is 6.04 Å². The van der Waals surface area contributed by atoms with E-state index in [0.29, 0.717) is 10.6 Å². The quantitative estimate of drug-likeness (QED) is 0.769. The minimum Gasteiger partial charge on any atom is -0.350 e. The van der Waals surface area contributed by atoms with E-state index in [4.69, 9.17) is 11.6 Å². The summed E-state index contributed by atoms with van der Waals surface area (Å²) in [6, 6.07) is 11.7. The number of halogens is 2. The molecule has 0 aliphatic heterocycles. The first kappa shape index (κ1) is 19.9. The molecule has 0 spiro atoms. The van der Waals surface area contributed by atoms with Crippen LogP contribution in [0, 0.1) is 11.7 Å². The molecule has 0 aromatic heterocycles. The average molecular weight is 377 g/mol. The van der Waals surface area contributed by atoms with Gasteiger partial charge in [-0.25, -0.2) is 4.39 Å². The molecule has 4 nitrogen and oxygen atoms in total. The highest BCUT2D eigenvalue weighted by molar-refractivity contribution is 6.30. The number of amides is 2. The van der Waals surface area contributed by atoms with E-state index in [1.165, 1.54) is 12.1 Å². The van der Waals surface area contributed by atoms with Gasteiger partial charge < -0.3 is 10.6 Å². The number of hydrogen-bond acceptors (Lipinski definition) is 2. The normalized spacial score (nSPS) is 12.9. The molecule has 0 unspecified atom stereocenters. The van der Waals surface area contributed by atoms with Crippen LogP contribution >= 0.6 is 11.6 Å². The number of rotatable bonds is 7. The zero-order chi connectivity index (χ0) is 19.1. The van der Waals surface area contributed by atoms with Gasteiger partial charge in [0.15, 0.2) is 0 Å². The van der Waals surface area contributed by atoms with Crippen molar-refractivity contribution in [1.82, 2.24) is 10.6 Å². The Hall–Kier alpha value is -2.40. The van der Waals surface area contributed by atoms with Crippen molar-refractivity contribution < 1.29 is 14.0 Å². The summed E-state index contributed by atoms with van der Waals surface area (Å²) >= 11 is 5.84. The van der Waals surface area contributed by atoms with Crippen LogP contribution in [0.4, 0.5) is 4.39 Å². The molecule has 2 aromatic rings. The van der Waals surface area contributed by atoms with Gasteiger partial charge in [-0.15, -0.1) is 0 Å². The SMILES string of the molecule is CC[C@H](C)[C@H](NC(=O)c1ccc(Cl)cc1)C(=O)NCc1ccc(F)cc1. The van der Waals surface area contributed by atoms with Crippen LogP contribution in [-0.2, 0) is 11.3 Å². The molecule has 0 saturated heterocycles. The van der Waals surface area contributed by atoms with E-state index in [2.05, 4.69) is 10.6 Å².